The summed E-state index contributed by atoms with van der Waals surface area (Å²) in [5.41, 5.74) is 0.350. The number of rotatable bonds is 7. The number of aromatic nitrogens is 2. The predicted octanol–water partition coefficient (Wildman–Crippen LogP) is 2.65. The van der Waals surface area contributed by atoms with Gasteiger partial charge in [-0.15, -0.1) is 0 Å². The molecule has 0 aliphatic carbocycles. The van der Waals surface area contributed by atoms with Crippen molar-refractivity contribution >= 4 is 5.78 Å². The summed E-state index contributed by atoms with van der Waals surface area (Å²) in [5, 5.41) is 7.74. The van der Waals surface area contributed by atoms with Crippen molar-refractivity contribution in [2.75, 3.05) is 20.2 Å². The lowest BCUT2D eigenvalue weighted by Crippen LogP contribution is -2.46. The van der Waals surface area contributed by atoms with Crippen LogP contribution in [0.5, 0.6) is 5.75 Å². The van der Waals surface area contributed by atoms with Crippen LogP contribution in [0.3, 0.4) is 0 Å². The van der Waals surface area contributed by atoms with Crippen LogP contribution >= 0.6 is 0 Å². The highest BCUT2D eigenvalue weighted by atomic mass is 16.5. The van der Waals surface area contributed by atoms with E-state index in [2.05, 4.69) is 24.3 Å². The average molecular weight is 293 g/mol. The Kier molecular flexibility index (Phi) is 5.39. The zero-order chi connectivity index (χ0) is 15.3. The summed E-state index contributed by atoms with van der Waals surface area (Å²) in [6.45, 7) is 6.75. The average Bonchev–Trinajstić information content (AvgIpc) is 2.91. The molecule has 5 nitrogen and oxygen atoms in total. The number of carbonyl (C=O) groups is 1. The number of nitrogens with one attached hydrogen (secondary N) is 1. The molecular formula is C16H27N3O2. The lowest BCUT2D eigenvalue weighted by molar-refractivity contribution is 0.0702. The standard InChI is InChI=1S/C16H27N3O2/c1-4-7-16(8-6-9-17-12-16)15(20)14-13(21-3)11-18-19(14)10-5-2/h11,17H,4-10,12H2,1-3H3. The van der Waals surface area contributed by atoms with E-state index >= 15 is 0 Å². The third kappa shape index (κ3) is 3.12. The highest BCUT2D eigenvalue weighted by Gasteiger charge is 2.41. The van der Waals surface area contributed by atoms with E-state index in [9.17, 15) is 4.79 Å². The van der Waals surface area contributed by atoms with Gasteiger partial charge in [-0.3, -0.25) is 9.48 Å². The monoisotopic (exact) mass is 293 g/mol. The molecule has 1 aliphatic rings. The largest absolute Gasteiger partial charge is 0.493 e. The SMILES string of the molecule is CCCn1ncc(OC)c1C(=O)C1(CCC)CCCNC1. The highest BCUT2D eigenvalue weighted by molar-refractivity contribution is 6.01. The lowest BCUT2D eigenvalue weighted by atomic mass is 9.72. The van der Waals surface area contributed by atoms with Crippen LogP contribution in [-0.2, 0) is 6.54 Å². The van der Waals surface area contributed by atoms with Gasteiger partial charge in [0.25, 0.3) is 0 Å². The number of Topliss-reactive ketones (excluding diaryl/α,β-unsaturated/α-hetero) is 1. The molecule has 0 spiro atoms. The maximum absolute atomic E-state index is 13.3. The van der Waals surface area contributed by atoms with Crippen LogP contribution in [0.15, 0.2) is 6.20 Å². The molecule has 1 fully saturated rings. The van der Waals surface area contributed by atoms with Crippen LogP contribution in [0.2, 0.25) is 0 Å². The molecule has 1 saturated heterocycles. The normalized spacial score (nSPS) is 22.2. The van der Waals surface area contributed by atoms with E-state index in [4.69, 9.17) is 4.74 Å². The number of hydrogen-bond acceptors (Lipinski definition) is 4. The van der Waals surface area contributed by atoms with Crippen LogP contribution in [0.1, 0.15) is 56.4 Å². The van der Waals surface area contributed by atoms with E-state index < -0.39 is 0 Å². The van der Waals surface area contributed by atoms with Crippen molar-refractivity contribution in [1.29, 1.82) is 0 Å². The fourth-order valence-electron chi connectivity index (χ4n) is 3.35. The van der Waals surface area contributed by atoms with E-state index in [1.54, 1.807) is 13.3 Å². The molecule has 0 radical (unpaired) electrons. The first-order chi connectivity index (χ1) is 10.2. The van der Waals surface area contributed by atoms with Crippen molar-refractivity contribution in [3.63, 3.8) is 0 Å². The quantitative estimate of drug-likeness (QED) is 0.785. The Balaban J connectivity index is 2.38. The number of aryl methyl sites for hydroxylation is 1. The Labute approximate surface area is 127 Å². The topological polar surface area (TPSA) is 56.2 Å². The fraction of sp³-hybridized carbons (Fsp3) is 0.750. The maximum atomic E-state index is 13.3. The number of ketones is 1. The van der Waals surface area contributed by atoms with Gasteiger partial charge in [-0.05, 0) is 32.2 Å². The number of nitrogens with zero attached hydrogens (tertiary/aromatic N) is 2. The summed E-state index contributed by atoms with van der Waals surface area (Å²) in [7, 11) is 1.61. The third-order valence-corrected chi connectivity index (χ3v) is 4.36. The number of hydrogen-bond donors (Lipinski definition) is 1. The van der Waals surface area contributed by atoms with Crippen molar-refractivity contribution in [2.24, 2.45) is 5.41 Å². The number of piperidine rings is 1. The Morgan fingerprint density at radius 1 is 1.48 bits per heavy atom. The zero-order valence-electron chi connectivity index (χ0n) is 13.4. The summed E-state index contributed by atoms with van der Waals surface area (Å²) < 4.78 is 7.20. The Hall–Kier alpha value is -1.36. The molecule has 0 amide bonds. The fourth-order valence-corrected chi connectivity index (χ4v) is 3.35. The van der Waals surface area contributed by atoms with Crippen molar-refractivity contribution in [2.45, 2.75) is 52.5 Å². The number of methoxy groups -OCH3 is 1. The van der Waals surface area contributed by atoms with Crippen molar-refractivity contribution in [3.8, 4) is 5.75 Å². The summed E-state index contributed by atoms with van der Waals surface area (Å²) >= 11 is 0. The first kappa shape index (κ1) is 16.0. The van der Waals surface area contributed by atoms with Crippen LogP contribution in [-0.4, -0.2) is 35.8 Å². The van der Waals surface area contributed by atoms with Crippen molar-refractivity contribution in [1.82, 2.24) is 15.1 Å². The molecule has 118 valence electrons. The molecule has 1 aliphatic heterocycles. The van der Waals surface area contributed by atoms with Gasteiger partial charge in [-0.25, -0.2) is 0 Å². The molecule has 21 heavy (non-hydrogen) atoms. The minimum Gasteiger partial charge on any atom is -0.493 e. The second-order valence-electron chi connectivity index (χ2n) is 5.92. The van der Waals surface area contributed by atoms with Gasteiger partial charge in [0.1, 0.15) is 5.69 Å². The molecule has 0 bridgehead atoms. The molecular weight excluding hydrogens is 266 g/mol. The molecule has 1 aromatic heterocycles. The van der Waals surface area contributed by atoms with Gasteiger partial charge in [0.05, 0.1) is 13.3 Å². The second-order valence-corrected chi connectivity index (χ2v) is 5.92. The van der Waals surface area contributed by atoms with Gasteiger partial charge in [0.2, 0.25) is 0 Å². The molecule has 1 unspecified atom stereocenters. The molecule has 0 aromatic carbocycles. The molecule has 2 heterocycles. The molecule has 5 heteroatoms. The molecule has 1 atom stereocenters. The van der Waals surface area contributed by atoms with E-state index in [1.165, 1.54) is 0 Å². The predicted molar refractivity (Wildman–Crippen MR) is 82.8 cm³/mol. The zero-order valence-corrected chi connectivity index (χ0v) is 13.4. The maximum Gasteiger partial charge on any atom is 0.192 e. The molecule has 1 N–H and O–H groups in total. The highest BCUT2D eigenvalue weighted by Crippen LogP contribution is 2.37. The van der Waals surface area contributed by atoms with Crippen LogP contribution < -0.4 is 10.1 Å². The van der Waals surface area contributed by atoms with E-state index in [-0.39, 0.29) is 11.2 Å². The van der Waals surface area contributed by atoms with E-state index in [1.807, 2.05) is 4.68 Å². The Morgan fingerprint density at radius 2 is 2.29 bits per heavy atom. The van der Waals surface area contributed by atoms with Gasteiger partial charge >= 0.3 is 0 Å². The van der Waals surface area contributed by atoms with Crippen LogP contribution in [0.25, 0.3) is 0 Å². The summed E-state index contributed by atoms with van der Waals surface area (Å²) in [4.78, 5) is 13.3. The second kappa shape index (κ2) is 7.07. The van der Waals surface area contributed by atoms with Crippen molar-refractivity contribution in [3.05, 3.63) is 11.9 Å². The molecule has 0 saturated carbocycles. The van der Waals surface area contributed by atoms with Gasteiger partial charge in [0, 0.05) is 18.5 Å². The first-order valence-electron chi connectivity index (χ1n) is 8.04. The first-order valence-corrected chi connectivity index (χ1v) is 8.04. The van der Waals surface area contributed by atoms with Gasteiger partial charge < -0.3 is 10.1 Å². The van der Waals surface area contributed by atoms with E-state index in [0.29, 0.717) is 11.4 Å². The minimum absolute atomic E-state index is 0.194. The van der Waals surface area contributed by atoms with E-state index in [0.717, 1.165) is 51.7 Å². The lowest BCUT2D eigenvalue weighted by Gasteiger charge is -2.36. The molecule has 1 aromatic rings. The van der Waals surface area contributed by atoms with Gasteiger partial charge in [-0.1, -0.05) is 20.3 Å². The van der Waals surface area contributed by atoms with Crippen LogP contribution in [0.4, 0.5) is 0 Å². The summed E-state index contributed by atoms with van der Waals surface area (Å²) in [5.74, 6) is 0.800. The van der Waals surface area contributed by atoms with Crippen molar-refractivity contribution < 1.29 is 9.53 Å². The number of ether oxygens (including phenoxy) is 1. The number of carbonyl (C=O) groups excluding carboxylic acids is 1. The van der Waals surface area contributed by atoms with Gasteiger partial charge in [-0.2, -0.15) is 5.10 Å². The summed E-state index contributed by atoms with van der Waals surface area (Å²) in [6, 6.07) is 0. The smallest absolute Gasteiger partial charge is 0.192 e. The van der Waals surface area contributed by atoms with Crippen LogP contribution in [0, 0.1) is 5.41 Å². The summed E-state index contributed by atoms with van der Waals surface area (Å²) in [6.07, 6.45) is 6.54. The molecule has 2 rings (SSSR count). The minimum atomic E-state index is -0.300. The third-order valence-electron chi connectivity index (χ3n) is 4.36. The Morgan fingerprint density at radius 3 is 2.86 bits per heavy atom. The van der Waals surface area contributed by atoms with Gasteiger partial charge in [0.15, 0.2) is 11.5 Å². The Bertz CT molecular complexity index is 470.